The second-order valence-electron chi connectivity index (χ2n) is 12.2. The second kappa shape index (κ2) is 8.23. The van der Waals surface area contributed by atoms with Crippen LogP contribution in [0.15, 0.2) is 103 Å². The number of para-hydroxylation sites is 1. The van der Waals surface area contributed by atoms with Gasteiger partial charge in [0.1, 0.15) is 7.85 Å². The zero-order valence-corrected chi connectivity index (χ0v) is 23.3. The van der Waals surface area contributed by atoms with Crippen molar-refractivity contribution in [1.29, 1.82) is 0 Å². The molecule has 0 bridgehead atoms. The third-order valence-electron chi connectivity index (χ3n) is 9.12. The van der Waals surface area contributed by atoms with Gasteiger partial charge in [-0.15, -0.1) is 0 Å². The Morgan fingerprint density at radius 3 is 1.85 bits per heavy atom. The Bertz CT molecular complexity index is 1790. The molecular weight excluding hydrogens is 469 g/mol. The van der Waals surface area contributed by atoms with Crippen LogP contribution in [0.1, 0.15) is 55.5 Å². The van der Waals surface area contributed by atoms with Gasteiger partial charge < -0.3 is 4.90 Å². The number of hydrogen-bond acceptors (Lipinski definition) is 1. The molecular formula is C37H32BN. The molecule has 1 nitrogen and oxygen atoms in total. The monoisotopic (exact) mass is 501 g/mol. The first-order valence-corrected chi connectivity index (χ1v) is 13.8. The Balaban J connectivity index is 1.46. The molecule has 188 valence electrons. The van der Waals surface area contributed by atoms with Gasteiger partial charge in [0, 0.05) is 27.9 Å². The lowest BCUT2D eigenvalue weighted by Crippen LogP contribution is -2.21. The van der Waals surface area contributed by atoms with Crippen LogP contribution in [0.25, 0.3) is 22.3 Å². The Labute approximate surface area is 233 Å². The van der Waals surface area contributed by atoms with Crippen LogP contribution in [0, 0.1) is 6.92 Å². The van der Waals surface area contributed by atoms with Crippen LogP contribution in [0.5, 0.6) is 0 Å². The normalized spacial score (nSPS) is 15.3. The molecule has 2 heteroatoms. The van der Waals surface area contributed by atoms with Crippen molar-refractivity contribution in [3.8, 4) is 22.3 Å². The number of anilines is 3. The summed E-state index contributed by atoms with van der Waals surface area (Å²) in [7, 11) is 6.66. The van der Waals surface area contributed by atoms with E-state index in [-0.39, 0.29) is 10.8 Å². The van der Waals surface area contributed by atoms with E-state index >= 15 is 0 Å². The summed E-state index contributed by atoms with van der Waals surface area (Å²) in [5, 5.41) is 0. The first-order valence-electron chi connectivity index (χ1n) is 13.8. The van der Waals surface area contributed by atoms with E-state index in [1.54, 1.807) is 0 Å². The minimum Gasteiger partial charge on any atom is -0.311 e. The summed E-state index contributed by atoms with van der Waals surface area (Å²) in [5.41, 5.74) is 16.0. The minimum atomic E-state index is -0.0812. The summed E-state index contributed by atoms with van der Waals surface area (Å²) in [4.78, 5) is 2.35. The maximum atomic E-state index is 6.66. The van der Waals surface area contributed by atoms with Crippen LogP contribution in [-0.2, 0) is 10.8 Å². The molecule has 0 spiro atoms. The number of nitrogens with zero attached hydrogens (tertiary/aromatic N) is 1. The predicted octanol–water partition coefficient (Wildman–Crippen LogP) is 8.87. The van der Waals surface area contributed by atoms with Gasteiger partial charge in [0.15, 0.2) is 0 Å². The van der Waals surface area contributed by atoms with E-state index in [0.29, 0.717) is 0 Å². The average Bonchev–Trinajstić information content (AvgIpc) is 3.30. The van der Waals surface area contributed by atoms with Crippen molar-refractivity contribution < 1.29 is 0 Å². The van der Waals surface area contributed by atoms with E-state index in [1.807, 2.05) is 12.1 Å². The van der Waals surface area contributed by atoms with Crippen LogP contribution < -0.4 is 10.4 Å². The van der Waals surface area contributed by atoms with Gasteiger partial charge >= 0.3 is 0 Å². The Morgan fingerprint density at radius 2 is 1.10 bits per heavy atom. The third kappa shape index (κ3) is 3.34. The Morgan fingerprint density at radius 1 is 0.538 bits per heavy atom. The van der Waals surface area contributed by atoms with Crippen molar-refractivity contribution in [3.63, 3.8) is 0 Å². The third-order valence-corrected chi connectivity index (χ3v) is 9.12. The van der Waals surface area contributed by atoms with Crippen molar-refractivity contribution in [2.24, 2.45) is 0 Å². The molecule has 2 aliphatic rings. The van der Waals surface area contributed by atoms with Crippen LogP contribution in [0.2, 0.25) is 0 Å². The van der Waals surface area contributed by atoms with Crippen LogP contribution >= 0.6 is 0 Å². The highest BCUT2D eigenvalue weighted by molar-refractivity contribution is 6.36. The quantitative estimate of drug-likeness (QED) is 0.223. The molecule has 5 aromatic rings. The standard InChI is InChI=1S/C37H32BN/c1-23-20-25(22-32-35(23)28-13-7-9-15-30(28)37(32,4)5)39(34-17-11-10-16-33(34)38)24-18-19-27-26-12-6-8-14-29(26)36(2,3)31(27)21-24/h6-22H,1-5H3. The summed E-state index contributed by atoms with van der Waals surface area (Å²) in [6, 6.07) is 37.5. The van der Waals surface area contributed by atoms with Crippen molar-refractivity contribution in [2.75, 3.05) is 4.90 Å². The van der Waals surface area contributed by atoms with Gasteiger partial charge in [-0.1, -0.05) is 106 Å². The molecule has 0 amide bonds. The zero-order valence-electron chi connectivity index (χ0n) is 23.3. The number of hydrogen-bond donors (Lipinski definition) is 0. The van der Waals surface area contributed by atoms with Gasteiger partial charge in [0.05, 0.1) is 0 Å². The zero-order chi connectivity index (χ0) is 27.1. The molecule has 0 heterocycles. The summed E-state index contributed by atoms with van der Waals surface area (Å²) in [6.07, 6.45) is 0. The fourth-order valence-electron chi connectivity index (χ4n) is 7.09. The molecule has 0 saturated heterocycles. The maximum absolute atomic E-state index is 6.66. The lowest BCUT2D eigenvalue weighted by atomic mass is 9.81. The van der Waals surface area contributed by atoms with Gasteiger partial charge in [-0.3, -0.25) is 0 Å². The van der Waals surface area contributed by atoms with Crippen molar-refractivity contribution in [1.82, 2.24) is 0 Å². The van der Waals surface area contributed by atoms with Crippen LogP contribution in [0.3, 0.4) is 0 Å². The van der Waals surface area contributed by atoms with Gasteiger partial charge in [-0.25, -0.2) is 0 Å². The molecule has 0 N–H and O–H groups in total. The summed E-state index contributed by atoms with van der Waals surface area (Å²) in [6.45, 7) is 11.6. The minimum absolute atomic E-state index is 0.0761. The number of rotatable bonds is 3. The fourth-order valence-corrected chi connectivity index (χ4v) is 7.09. The molecule has 0 saturated carbocycles. The highest BCUT2D eigenvalue weighted by Gasteiger charge is 2.38. The highest BCUT2D eigenvalue weighted by Crippen LogP contribution is 2.53. The number of aryl methyl sites for hydroxylation is 1. The molecule has 0 atom stereocenters. The lowest BCUT2D eigenvalue weighted by Gasteiger charge is -2.31. The summed E-state index contributed by atoms with van der Waals surface area (Å²) in [5.74, 6) is 0. The predicted molar refractivity (Wildman–Crippen MR) is 166 cm³/mol. The average molecular weight is 501 g/mol. The summed E-state index contributed by atoms with van der Waals surface area (Å²) >= 11 is 0. The van der Waals surface area contributed by atoms with Gasteiger partial charge in [0.25, 0.3) is 0 Å². The molecule has 5 aromatic carbocycles. The molecule has 0 unspecified atom stereocenters. The van der Waals surface area contributed by atoms with E-state index in [0.717, 1.165) is 22.5 Å². The number of benzene rings is 5. The molecule has 7 rings (SSSR count). The Hall–Kier alpha value is -4.04. The molecule has 2 aliphatic carbocycles. The van der Waals surface area contributed by atoms with Gasteiger partial charge in [-0.05, 0) is 87.3 Å². The lowest BCUT2D eigenvalue weighted by molar-refractivity contribution is 0.660. The van der Waals surface area contributed by atoms with Crippen molar-refractivity contribution in [3.05, 3.63) is 131 Å². The van der Waals surface area contributed by atoms with Crippen molar-refractivity contribution in [2.45, 2.75) is 45.4 Å². The smallest absolute Gasteiger partial charge is 0.116 e. The van der Waals surface area contributed by atoms with Gasteiger partial charge in [0.2, 0.25) is 0 Å². The van der Waals surface area contributed by atoms with Gasteiger partial charge in [-0.2, -0.15) is 0 Å². The van der Waals surface area contributed by atoms with Crippen LogP contribution in [-0.4, -0.2) is 7.85 Å². The van der Waals surface area contributed by atoms with E-state index in [1.165, 1.54) is 50.1 Å². The maximum Gasteiger partial charge on any atom is 0.116 e. The first kappa shape index (κ1) is 24.0. The highest BCUT2D eigenvalue weighted by atomic mass is 15.1. The van der Waals surface area contributed by atoms with Crippen LogP contribution in [0.4, 0.5) is 17.1 Å². The van der Waals surface area contributed by atoms with E-state index in [9.17, 15) is 0 Å². The largest absolute Gasteiger partial charge is 0.311 e. The molecule has 39 heavy (non-hydrogen) atoms. The topological polar surface area (TPSA) is 3.24 Å². The molecule has 2 radical (unpaired) electrons. The first-order chi connectivity index (χ1) is 18.7. The molecule has 0 aromatic heterocycles. The molecule has 0 aliphatic heterocycles. The van der Waals surface area contributed by atoms with E-state index < -0.39 is 0 Å². The second-order valence-corrected chi connectivity index (χ2v) is 12.2. The van der Waals surface area contributed by atoms with Crippen molar-refractivity contribution >= 4 is 30.4 Å². The fraction of sp³-hybridized carbons (Fsp3) is 0.189. The van der Waals surface area contributed by atoms with E-state index in [2.05, 4.69) is 131 Å². The summed E-state index contributed by atoms with van der Waals surface area (Å²) < 4.78 is 0. The van der Waals surface area contributed by atoms with E-state index in [4.69, 9.17) is 7.85 Å². The Kier molecular flexibility index (Phi) is 5.07. The SMILES string of the molecule is [B]c1ccccc1N(c1ccc2c(c1)C(C)(C)c1ccccc1-2)c1cc(C)c2c(c1)C(C)(C)c1ccccc1-2. The number of fused-ring (bicyclic) bond motifs is 6. The molecule has 0 fully saturated rings.